The Hall–Kier alpha value is -0.780. The number of benzene rings is 1. The zero-order valence-electron chi connectivity index (χ0n) is 11.1. The lowest BCUT2D eigenvalue weighted by Crippen LogP contribution is -2.16. The van der Waals surface area contributed by atoms with Gasteiger partial charge in [0.25, 0.3) is 0 Å². The third-order valence-electron chi connectivity index (χ3n) is 3.72. The summed E-state index contributed by atoms with van der Waals surface area (Å²) in [7, 11) is 0. The molecule has 0 heterocycles. The standard InChI is InChI=1S/C16H26/c1-4-10-15(5-2)16(6-3)13-14-11-8-7-9-12-14/h7-9,11-12,15-16H,4-6,10,13H2,1-3H3. The predicted molar refractivity (Wildman–Crippen MR) is 72.6 cm³/mol. The normalized spacial score (nSPS) is 14.7. The topological polar surface area (TPSA) is 0 Å². The highest BCUT2D eigenvalue weighted by molar-refractivity contribution is 5.15. The van der Waals surface area contributed by atoms with Crippen molar-refractivity contribution in [2.45, 2.75) is 52.9 Å². The van der Waals surface area contributed by atoms with E-state index in [0.717, 1.165) is 11.8 Å². The van der Waals surface area contributed by atoms with E-state index in [2.05, 4.69) is 51.1 Å². The van der Waals surface area contributed by atoms with Gasteiger partial charge in [-0.2, -0.15) is 0 Å². The van der Waals surface area contributed by atoms with Crippen LogP contribution in [0.3, 0.4) is 0 Å². The molecule has 0 saturated carbocycles. The van der Waals surface area contributed by atoms with Gasteiger partial charge in [0.2, 0.25) is 0 Å². The van der Waals surface area contributed by atoms with Crippen LogP contribution in [0.4, 0.5) is 0 Å². The summed E-state index contributed by atoms with van der Waals surface area (Å²) in [5, 5.41) is 0. The van der Waals surface area contributed by atoms with Crippen LogP contribution in [0.5, 0.6) is 0 Å². The van der Waals surface area contributed by atoms with Crippen molar-refractivity contribution >= 4 is 0 Å². The Morgan fingerprint density at radius 3 is 2.00 bits per heavy atom. The van der Waals surface area contributed by atoms with Crippen molar-refractivity contribution < 1.29 is 0 Å². The quantitative estimate of drug-likeness (QED) is 0.598. The Morgan fingerprint density at radius 2 is 1.50 bits per heavy atom. The first-order valence-corrected chi connectivity index (χ1v) is 6.85. The number of hydrogen-bond acceptors (Lipinski definition) is 0. The highest BCUT2D eigenvalue weighted by Crippen LogP contribution is 2.27. The fourth-order valence-corrected chi connectivity index (χ4v) is 2.71. The van der Waals surface area contributed by atoms with Crippen LogP contribution in [0, 0.1) is 11.8 Å². The van der Waals surface area contributed by atoms with Gasteiger partial charge >= 0.3 is 0 Å². The second-order valence-corrected chi connectivity index (χ2v) is 4.82. The van der Waals surface area contributed by atoms with Gasteiger partial charge in [0.15, 0.2) is 0 Å². The van der Waals surface area contributed by atoms with Gasteiger partial charge in [-0.25, -0.2) is 0 Å². The van der Waals surface area contributed by atoms with Gasteiger partial charge in [0.05, 0.1) is 0 Å². The molecule has 0 bridgehead atoms. The Kier molecular flexibility index (Phi) is 6.22. The highest BCUT2D eigenvalue weighted by atomic mass is 14.2. The van der Waals surface area contributed by atoms with Crippen LogP contribution in [0.25, 0.3) is 0 Å². The van der Waals surface area contributed by atoms with Crippen LogP contribution < -0.4 is 0 Å². The maximum Gasteiger partial charge on any atom is -0.0248 e. The summed E-state index contributed by atoms with van der Waals surface area (Å²) < 4.78 is 0. The Labute approximate surface area is 101 Å². The Morgan fingerprint density at radius 1 is 0.875 bits per heavy atom. The molecule has 0 aromatic heterocycles. The lowest BCUT2D eigenvalue weighted by atomic mass is 9.81. The second-order valence-electron chi connectivity index (χ2n) is 4.82. The van der Waals surface area contributed by atoms with Crippen molar-refractivity contribution in [2.75, 3.05) is 0 Å². The van der Waals surface area contributed by atoms with Gasteiger partial charge in [-0.15, -0.1) is 0 Å². The van der Waals surface area contributed by atoms with Crippen LogP contribution in [-0.2, 0) is 6.42 Å². The predicted octanol–water partition coefficient (Wildman–Crippen LogP) is 5.08. The summed E-state index contributed by atoms with van der Waals surface area (Å²) in [6, 6.07) is 10.9. The second kappa shape index (κ2) is 7.49. The van der Waals surface area contributed by atoms with Crippen molar-refractivity contribution in [1.82, 2.24) is 0 Å². The summed E-state index contributed by atoms with van der Waals surface area (Å²) in [5.74, 6) is 1.78. The molecule has 0 aliphatic heterocycles. The van der Waals surface area contributed by atoms with Gasteiger partial charge in [-0.1, -0.05) is 76.8 Å². The molecule has 0 aliphatic carbocycles. The van der Waals surface area contributed by atoms with Crippen LogP contribution in [0.2, 0.25) is 0 Å². The monoisotopic (exact) mass is 218 g/mol. The minimum Gasteiger partial charge on any atom is -0.0654 e. The SMILES string of the molecule is CCCC(CC)C(CC)Cc1ccccc1. The van der Waals surface area contributed by atoms with Crippen molar-refractivity contribution in [3.8, 4) is 0 Å². The van der Waals surface area contributed by atoms with Gasteiger partial charge in [-0.3, -0.25) is 0 Å². The smallest absolute Gasteiger partial charge is 0.0248 e. The summed E-state index contributed by atoms with van der Waals surface area (Å²) in [5.41, 5.74) is 1.50. The molecular weight excluding hydrogens is 192 g/mol. The van der Waals surface area contributed by atoms with Gasteiger partial charge in [0, 0.05) is 0 Å². The average molecular weight is 218 g/mol. The largest absolute Gasteiger partial charge is 0.0654 e. The summed E-state index contributed by atoms with van der Waals surface area (Å²) in [6.45, 7) is 6.98. The zero-order valence-corrected chi connectivity index (χ0v) is 11.1. The molecule has 0 heteroatoms. The van der Waals surface area contributed by atoms with E-state index in [1.165, 1.54) is 37.7 Å². The minimum atomic E-state index is 0.868. The molecule has 2 unspecified atom stereocenters. The van der Waals surface area contributed by atoms with E-state index in [0.29, 0.717) is 0 Å². The first kappa shape index (κ1) is 13.3. The van der Waals surface area contributed by atoms with Crippen LogP contribution in [-0.4, -0.2) is 0 Å². The molecule has 1 aromatic carbocycles. The fourth-order valence-electron chi connectivity index (χ4n) is 2.71. The number of rotatable bonds is 7. The van der Waals surface area contributed by atoms with E-state index in [1.54, 1.807) is 0 Å². The third kappa shape index (κ3) is 4.00. The third-order valence-corrected chi connectivity index (χ3v) is 3.72. The molecule has 0 spiro atoms. The molecule has 0 fully saturated rings. The lowest BCUT2D eigenvalue weighted by molar-refractivity contribution is 0.290. The van der Waals surface area contributed by atoms with E-state index in [9.17, 15) is 0 Å². The maximum atomic E-state index is 2.34. The molecule has 2 atom stereocenters. The van der Waals surface area contributed by atoms with Gasteiger partial charge < -0.3 is 0 Å². The molecule has 0 aliphatic rings. The molecule has 0 radical (unpaired) electrons. The zero-order chi connectivity index (χ0) is 11.8. The Bertz CT molecular complexity index is 263. The first-order chi connectivity index (χ1) is 7.81. The molecule has 1 rings (SSSR count). The van der Waals surface area contributed by atoms with Crippen molar-refractivity contribution in [3.63, 3.8) is 0 Å². The molecule has 16 heavy (non-hydrogen) atoms. The van der Waals surface area contributed by atoms with E-state index in [4.69, 9.17) is 0 Å². The molecule has 0 amide bonds. The van der Waals surface area contributed by atoms with Crippen LogP contribution >= 0.6 is 0 Å². The van der Waals surface area contributed by atoms with Gasteiger partial charge in [-0.05, 0) is 23.8 Å². The molecule has 1 aromatic rings. The van der Waals surface area contributed by atoms with Crippen molar-refractivity contribution in [2.24, 2.45) is 11.8 Å². The summed E-state index contributed by atoms with van der Waals surface area (Å²) in [6.07, 6.45) is 6.62. The lowest BCUT2D eigenvalue weighted by Gasteiger charge is -2.25. The molecule has 0 saturated heterocycles. The summed E-state index contributed by atoms with van der Waals surface area (Å²) >= 11 is 0. The Balaban J connectivity index is 2.60. The van der Waals surface area contributed by atoms with Crippen LogP contribution in [0.1, 0.15) is 52.0 Å². The van der Waals surface area contributed by atoms with E-state index < -0.39 is 0 Å². The first-order valence-electron chi connectivity index (χ1n) is 6.85. The van der Waals surface area contributed by atoms with Gasteiger partial charge in [0.1, 0.15) is 0 Å². The molecule has 90 valence electrons. The maximum absolute atomic E-state index is 2.34. The summed E-state index contributed by atoms with van der Waals surface area (Å²) in [4.78, 5) is 0. The number of hydrogen-bond donors (Lipinski definition) is 0. The molecule has 0 N–H and O–H groups in total. The molecular formula is C16H26. The minimum absolute atomic E-state index is 0.868. The van der Waals surface area contributed by atoms with E-state index in [1.807, 2.05) is 0 Å². The van der Waals surface area contributed by atoms with Crippen molar-refractivity contribution in [1.29, 1.82) is 0 Å². The average Bonchev–Trinajstić information content (AvgIpc) is 2.35. The molecule has 0 nitrogen and oxygen atoms in total. The fraction of sp³-hybridized carbons (Fsp3) is 0.625. The van der Waals surface area contributed by atoms with E-state index >= 15 is 0 Å². The van der Waals surface area contributed by atoms with Crippen LogP contribution in [0.15, 0.2) is 30.3 Å². The van der Waals surface area contributed by atoms with E-state index in [-0.39, 0.29) is 0 Å². The highest BCUT2D eigenvalue weighted by Gasteiger charge is 2.17. The van der Waals surface area contributed by atoms with Crippen molar-refractivity contribution in [3.05, 3.63) is 35.9 Å².